The van der Waals surface area contributed by atoms with Crippen LogP contribution in [-0.2, 0) is 0 Å². The molecule has 0 aromatic heterocycles. The van der Waals surface area contributed by atoms with Crippen molar-refractivity contribution in [1.82, 2.24) is 0 Å². The molecule has 0 heterocycles. The second-order valence-corrected chi connectivity index (χ2v) is 3.31. The van der Waals surface area contributed by atoms with Crippen molar-refractivity contribution in [3.63, 3.8) is 0 Å². The Morgan fingerprint density at radius 1 is 1.08 bits per heavy atom. The maximum Gasteiger partial charge on any atom is 0.502 e. The molecule has 0 atom stereocenters. The quantitative estimate of drug-likeness (QED) is 0.447. The molecular weight excluding hydrogens is 190 g/mol. The minimum absolute atomic E-state index is 0.110. The molecule has 0 bridgehead atoms. The lowest BCUT2D eigenvalue weighted by Gasteiger charge is -2.25. The lowest BCUT2D eigenvalue weighted by Crippen LogP contribution is -2.22. The van der Waals surface area contributed by atoms with Crippen molar-refractivity contribution >= 4 is 6.98 Å². The minimum atomic E-state index is -4.97. The van der Waals surface area contributed by atoms with Gasteiger partial charge in [-0.25, -0.2) is 8.78 Å². The number of alkyl halides is 2. The van der Waals surface area contributed by atoms with Gasteiger partial charge >= 0.3 is 6.98 Å². The van der Waals surface area contributed by atoms with Crippen LogP contribution in [0.15, 0.2) is 11.5 Å². The lowest BCUT2D eigenvalue weighted by atomic mass is 9.82. The molecule has 1 aliphatic rings. The molecule has 0 unspecified atom stereocenters. The average Bonchev–Trinajstić information content (AvgIpc) is 1.91. The third-order valence-electron chi connectivity index (χ3n) is 2.05. The summed E-state index contributed by atoms with van der Waals surface area (Å²) in [6, 6.07) is 0. The number of halogens is 5. The molecule has 0 saturated heterocycles. The minimum Gasteiger partial charge on any atom is -0.445 e. The largest absolute Gasteiger partial charge is 0.502 e. The Kier molecular flexibility index (Phi) is 2.68. The summed E-state index contributed by atoms with van der Waals surface area (Å²) < 4.78 is 60.5. The van der Waals surface area contributed by atoms with Crippen LogP contribution in [0.3, 0.4) is 0 Å². The van der Waals surface area contributed by atoms with Gasteiger partial charge in [0.15, 0.2) is 0 Å². The van der Waals surface area contributed by atoms with Crippen molar-refractivity contribution in [2.45, 2.75) is 31.6 Å². The molecule has 1 fully saturated rings. The molecule has 0 N–H and O–H groups in total. The predicted molar refractivity (Wildman–Crippen MR) is 40.6 cm³/mol. The van der Waals surface area contributed by atoms with Gasteiger partial charge in [0.25, 0.3) is 0 Å². The van der Waals surface area contributed by atoms with Crippen LogP contribution in [0, 0.1) is 0 Å². The molecule has 1 rings (SSSR count). The fourth-order valence-electron chi connectivity index (χ4n) is 1.37. The van der Waals surface area contributed by atoms with Gasteiger partial charge in [0, 0.05) is 12.8 Å². The van der Waals surface area contributed by atoms with E-state index in [1.54, 1.807) is 0 Å². The van der Waals surface area contributed by atoms with E-state index in [0.29, 0.717) is 0 Å². The molecule has 6 heteroatoms. The van der Waals surface area contributed by atoms with Crippen LogP contribution >= 0.6 is 0 Å². The Hall–Kier alpha value is -0.545. The second kappa shape index (κ2) is 3.31. The summed E-state index contributed by atoms with van der Waals surface area (Å²) in [4.78, 5) is 0. The fourth-order valence-corrected chi connectivity index (χ4v) is 1.37. The average molecular weight is 199 g/mol. The van der Waals surface area contributed by atoms with Gasteiger partial charge in [-0.05, 0) is 12.8 Å². The Labute approximate surface area is 72.9 Å². The zero-order valence-corrected chi connectivity index (χ0v) is 6.87. The van der Waals surface area contributed by atoms with Crippen LogP contribution in [0.2, 0.25) is 0 Å². The first-order valence-electron chi connectivity index (χ1n) is 4.07. The molecular formula is C7H9BF5-. The van der Waals surface area contributed by atoms with Crippen molar-refractivity contribution in [2.75, 3.05) is 0 Å². The van der Waals surface area contributed by atoms with Gasteiger partial charge in [0.2, 0.25) is 5.92 Å². The third kappa shape index (κ3) is 3.78. The smallest absolute Gasteiger partial charge is 0.445 e. The molecule has 0 radical (unpaired) electrons. The first-order chi connectivity index (χ1) is 5.79. The third-order valence-corrected chi connectivity index (χ3v) is 2.05. The van der Waals surface area contributed by atoms with Crippen LogP contribution < -0.4 is 0 Å². The van der Waals surface area contributed by atoms with Crippen molar-refractivity contribution in [3.8, 4) is 0 Å². The van der Waals surface area contributed by atoms with Gasteiger partial charge in [-0.3, -0.25) is 0 Å². The van der Waals surface area contributed by atoms with E-state index in [2.05, 4.69) is 0 Å². The summed E-state index contributed by atoms with van der Waals surface area (Å²) >= 11 is 0. The van der Waals surface area contributed by atoms with E-state index in [9.17, 15) is 21.7 Å². The van der Waals surface area contributed by atoms with Gasteiger partial charge in [-0.15, -0.1) is 11.5 Å². The molecule has 1 saturated carbocycles. The Bertz CT molecular complexity index is 205. The highest BCUT2D eigenvalue weighted by Gasteiger charge is 2.33. The van der Waals surface area contributed by atoms with Crippen LogP contribution in [-0.4, -0.2) is 12.9 Å². The van der Waals surface area contributed by atoms with Crippen molar-refractivity contribution < 1.29 is 21.7 Å². The molecule has 1 aliphatic carbocycles. The highest BCUT2D eigenvalue weighted by molar-refractivity contribution is 6.64. The van der Waals surface area contributed by atoms with E-state index >= 15 is 0 Å². The highest BCUT2D eigenvalue weighted by Crippen LogP contribution is 2.36. The van der Waals surface area contributed by atoms with Crippen molar-refractivity contribution in [2.24, 2.45) is 0 Å². The van der Waals surface area contributed by atoms with E-state index in [-0.39, 0.29) is 24.4 Å². The fraction of sp³-hybridized carbons (Fsp3) is 0.714. The monoisotopic (exact) mass is 199 g/mol. The molecule has 0 spiro atoms. The van der Waals surface area contributed by atoms with Gasteiger partial charge < -0.3 is 12.9 Å². The van der Waals surface area contributed by atoms with Crippen LogP contribution in [0.1, 0.15) is 25.7 Å². The summed E-state index contributed by atoms with van der Waals surface area (Å²) in [5, 5.41) is 0. The number of allylic oxidation sites excluding steroid dienone is 1. The first kappa shape index (κ1) is 10.5. The highest BCUT2D eigenvalue weighted by atomic mass is 19.4. The molecule has 76 valence electrons. The Balaban J connectivity index is 2.55. The molecule has 0 aromatic rings. The van der Waals surface area contributed by atoms with E-state index in [1.165, 1.54) is 0 Å². The normalized spacial score (nSPS) is 23.0. The van der Waals surface area contributed by atoms with Gasteiger partial charge in [-0.1, -0.05) is 0 Å². The number of rotatable bonds is 1. The van der Waals surface area contributed by atoms with Gasteiger partial charge in [-0.2, -0.15) is 0 Å². The Morgan fingerprint density at radius 3 is 1.92 bits per heavy atom. The predicted octanol–water partition coefficient (Wildman–Crippen LogP) is 3.51. The molecule has 0 aromatic carbocycles. The van der Waals surface area contributed by atoms with Crippen molar-refractivity contribution in [1.29, 1.82) is 0 Å². The summed E-state index contributed by atoms with van der Waals surface area (Å²) in [6.45, 7) is -4.97. The standard InChI is InChI=1S/C7H9BF5/c9-7(10)3-1-6(2-4-7)5-8(11,12)13/h5H,1-4H2/q-1. The Morgan fingerprint density at radius 2 is 1.54 bits per heavy atom. The van der Waals surface area contributed by atoms with E-state index in [0.717, 1.165) is 0 Å². The molecule has 0 amide bonds. The van der Waals surface area contributed by atoms with E-state index in [4.69, 9.17) is 0 Å². The number of hydrogen-bond donors (Lipinski definition) is 0. The molecule has 0 nitrogen and oxygen atoms in total. The summed E-state index contributed by atoms with van der Waals surface area (Å²) in [5.41, 5.74) is 0.110. The van der Waals surface area contributed by atoms with Crippen LogP contribution in [0.5, 0.6) is 0 Å². The number of hydrogen-bond acceptors (Lipinski definition) is 0. The first-order valence-corrected chi connectivity index (χ1v) is 4.07. The van der Waals surface area contributed by atoms with Crippen LogP contribution in [0.25, 0.3) is 0 Å². The van der Waals surface area contributed by atoms with Gasteiger partial charge in [0.05, 0.1) is 0 Å². The van der Waals surface area contributed by atoms with Gasteiger partial charge in [0.1, 0.15) is 0 Å². The molecule has 0 aliphatic heterocycles. The summed E-state index contributed by atoms with van der Waals surface area (Å²) in [7, 11) is 0. The zero-order chi connectivity index (χ0) is 10.1. The lowest BCUT2D eigenvalue weighted by molar-refractivity contribution is -0.0246. The molecule has 13 heavy (non-hydrogen) atoms. The van der Waals surface area contributed by atoms with Crippen molar-refractivity contribution in [3.05, 3.63) is 11.5 Å². The van der Waals surface area contributed by atoms with Crippen LogP contribution in [0.4, 0.5) is 21.7 Å². The van der Waals surface area contributed by atoms with E-state index in [1.807, 2.05) is 0 Å². The maximum atomic E-state index is 12.5. The van der Waals surface area contributed by atoms with E-state index < -0.39 is 25.7 Å². The zero-order valence-electron chi connectivity index (χ0n) is 6.87. The second-order valence-electron chi connectivity index (χ2n) is 3.31. The SMILES string of the molecule is F[B-](F)(F)C=C1CCC(F)(F)CC1. The summed E-state index contributed by atoms with van der Waals surface area (Å²) in [5.74, 6) is -2.56. The summed E-state index contributed by atoms with van der Waals surface area (Å²) in [6.07, 6.45) is -1.17. The maximum absolute atomic E-state index is 12.5. The topological polar surface area (TPSA) is 0 Å².